The van der Waals surface area contributed by atoms with E-state index >= 15 is 0 Å². The van der Waals surface area contributed by atoms with Crippen molar-refractivity contribution in [2.75, 3.05) is 0 Å². The Hall–Kier alpha value is -1.70. The first-order valence-corrected chi connectivity index (χ1v) is 9.97. The van der Waals surface area contributed by atoms with Crippen LogP contribution >= 0.6 is 11.3 Å². The van der Waals surface area contributed by atoms with E-state index in [2.05, 4.69) is 0 Å². The molecule has 0 saturated carbocycles. The normalized spacial score (nSPS) is 11.5. The second kappa shape index (κ2) is 11.5. The number of aryl methyl sites for hydroxylation is 2. The van der Waals surface area contributed by atoms with Gasteiger partial charge in [-0.05, 0) is 43.9 Å². The van der Waals surface area contributed by atoms with E-state index in [4.69, 9.17) is 9.72 Å². The summed E-state index contributed by atoms with van der Waals surface area (Å²) in [6.07, 6.45) is 0.0593. The summed E-state index contributed by atoms with van der Waals surface area (Å²) in [5.41, 5.74) is 3.10. The van der Waals surface area contributed by atoms with Crippen LogP contribution in [-0.2, 0) is 17.8 Å². The molecule has 2 aromatic carbocycles. The van der Waals surface area contributed by atoms with E-state index < -0.39 is 12.1 Å². The van der Waals surface area contributed by atoms with E-state index in [0.717, 1.165) is 32.5 Å². The number of nitrogens with zero attached hydrogens (tertiary/aromatic N) is 1. The summed E-state index contributed by atoms with van der Waals surface area (Å²) in [6.45, 7) is 2.46. The van der Waals surface area contributed by atoms with E-state index in [1.54, 1.807) is 11.3 Å². The van der Waals surface area contributed by atoms with Crippen LogP contribution in [0.25, 0.3) is 10.6 Å². The summed E-state index contributed by atoms with van der Waals surface area (Å²) >= 11 is 1.66. The Bertz CT molecular complexity index is 912. The van der Waals surface area contributed by atoms with Gasteiger partial charge in [-0.3, -0.25) is 0 Å². The molecule has 0 fully saturated rings. The van der Waals surface area contributed by atoms with Crippen LogP contribution in [0.2, 0.25) is 0 Å². The Morgan fingerprint density at radius 2 is 1.86 bits per heavy atom. The van der Waals surface area contributed by atoms with E-state index in [0.29, 0.717) is 19.4 Å². The zero-order valence-electron chi connectivity index (χ0n) is 16.6. The predicted octanol–water partition coefficient (Wildman–Crippen LogP) is 0.135. The predicted molar refractivity (Wildman–Crippen MR) is 107 cm³/mol. The molecule has 0 aliphatic rings. The molecule has 5 nitrogen and oxygen atoms in total. The first-order chi connectivity index (χ1) is 13.5. The standard InChI is InChI=1S/C22H23NO4S.Na/c1-15-19(23-21(28-15)17-7-3-2-4-8-17)14-27-18-12-10-16(11-13-18)6-5-9-20(24)22(25)26;/h2-4,7-8,10-13,20,24H,5-6,9,14H2,1H3,(H,25,26);/q;+1/p-1/t20-;/m1./s1. The van der Waals surface area contributed by atoms with Crippen LogP contribution in [0.4, 0.5) is 0 Å². The monoisotopic (exact) mass is 419 g/mol. The number of benzene rings is 2. The van der Waals surface area contributed by atoms with Gasteiger partial charge in [-0.1, -0.05) is 42.5 Å². The van der Waals surface area contributed by atoms with E-state index in [-0.39, 0.29) is 36.0 Å². The fourth-order valence-corrected chi connectivity index (χ4v) is 3.71. The number of aliphatic hydroxyl groups excluding tert-OH is 1. The smallest absolute Gasteiger partial charge is 0.547 e. The molecule has 0 saturated heterocycles. The van der Waals surface area contributed by atoms with Gasteiger partial charge in [0.2, 0.25) is 0 Å². The maximum atomic E-state index is 10.5. The van der Waals surface area contributed by atoms with Gasteiger partial charge in [0.1, 0.15) is 17.4 Å². The Morgan fingerprint density at radius 3 is 2.52 bits per heavy atom. The number of aliphatic hydroxyl groups is 1. The summed E-state index contributed by atoms with van der Waals surface area (Å²) in [5, 5.41) is 20.7. The first-order valence-electron chi connectivity index (χ1n) is 9.15. The number of rotatable bonds is 9. The number of aliphatic carboxylic acids is 1. The molecule has 1 N–H and O–H groups in total. The van der Waals surface area contributed by atoms with Crippen molar-refractivity contribution in [2.24, 2.45) is 0 Å². The summed E-state index contributed by atoms with van der Waals surface area (Å²) in [4.78, 5) is 16.3. The van der Waals surface area contributed by atoms with Crippen LogP contribution in [0, 0.1) is 6.92 Å². The average Bonchev–Trinajstić information content (AvgIpc) is 3.08. The number of carbonyl (C=O) groups excluding carboxylic acids is 1. The second-order valence-corrected chi connectivity index (χ2v) is 7.75. The minimum atomic E-state index is -1.42. The van der Waals surface area contributed by atoms with E-state index in [9.17, 15) is 15.0 Å². The van der Waals surface area contributed by atoms with Gasteiger partial charge in [0, 0.05) is 10.4 Å². The molecule has 29 heavy (non-hydrogen) atoms. The largest absolute Gasteiger partial charge is 1.00 e. The van der Waals surface area contributed by atoms with Crippen LogP contribution in [0.15, 0.2) is 54.6 Å². The molecule has 146 valence electrons. The zero-order valence-corrected chi connectivity index (χ0v) is 19.4. The third kappa shape index (κ3) is 6.94. The summed E-state index contributed by atoms with van der Waals surface area (Å²) < 4.78 is 5.87. The zero-order chi connectivity index (χ0) is 19.9. The fourth-order valence-electron chi connectivity index (χ4n) is 2.79. The van der Waals surface area contributed by atoms with Gasteiger partial charge >= 0.3 is 29.6 Å². The van der Waals surface area contributed by atoms with Crippen molar-refractivity contribution in [3.05, 3.63) is 70.7 Å². The minimum absolute atomic E-state index is 0. The number of hydrogen-bond donors (Lipinski definition) is 1. The minimum Gasteiger partial charge on any atom is -0.547 e. The quantitative estimate of drug-likeness (QED) is 0.499. The SMILES string of the molecule is Cc1sc(-c2ccccc2)nc1COc1ccc(CCC[C@@H](O)C(=O)[O-])cc1.[Na+]. The van der Waals surface area contributed by atoms with Gasteiger partial charge in [-0.2, -0.15) is 0 Å². The number of carboxylic acids is 1. The van der Waals surface area contributed by atoms with Crippen LogP contribution < -0.4 is 39.4 Å². The molecule has 0 bridgehead atoms. The molecule has 0 aliphatic heterocycles. The number of carboxylic acid groups (broad SMARTS) is 1. The topological polar surface area (TPSA) is 82.5 Å². The van der Waals surface area contributed by atoms with Crippen molar-refractivity contribution < 1.29 is 49.3 Å². The van der Waals surface area contributed by atoms with Crippen molar-refractivity contribution in [1.82, 2.24) is 4.98 Å². The van der Waals surface area contributed by atoms with Gasteiger partial charge in [0.25, 0.3) is 0 Å². The van der Waals surface area contributed by atoms with Crippen LogP contribution in [0.5, 0.6) is 5.75 Å². The van der Waals surface area contributed by atoms with Gasteiger partial charge < -0.3 is 19.7 Å². The van der Waals surface area contributed by atoms with Gasteiger partial charge in [0.15, 0.2) is 0 Å². The number of aromatic nitrogens is 1. The Balaban J connectivity index is 0.00000300. The molecule has 0 amide bonds. The molecular formula is C22H22NNaO4S. The molecule has 3 rings (SSSR count). The molecule has 0 radical (unpaired) electrons. The molecule has 0 spiro atoms. The molecule has 1 atom stereocenters. The summed E-state index contributed by atoms with van der Waals surface area (Å²) in [7, 11) is 0. The van der Waals surface area contributed by atoms with Crippen LogP contribution in [0.1, 0.15) is 29.0 Å². The Labute approximate surface area is 196 Å². The molecule has 0 unspecified atom stereocenters. The number of thiazole rings is 1. The molecule has 0 aliphatic carbocycles. The van der Waals surface area contributed by atoms with Crippen molar-refractivity contribution >= 4 is 17.3 Å². The third-order valence-corrected chi connectivity index (χ3v) is 5.49. The number of carbonyl (C=O) groups is 1. The van der Waals surface area contributed by atoms with E-state index in [1.165, 1.54) is 0 Å². The van der Waals surface area contributed by atoms with Crippen molar-refractivity contribution in [3.8, 4) is 16.3 Å². The number of hydrogen-bond acceptors (Lipinski definition) is 6. The fraction of sp³-hybridized carbons (Fsp3) is 0.273. The Morgan fingerprint density at radius 1 is 1.17 bits per heavy atom. The summed E-state index contributed by atoms with van der Waals surface area (Å²) in [5.74, 6) is -0.663. The number of ether oxygens (including phenoxy) is 1. The van der Waals surface area contributed by atoms with Crippen molar-refractivity contribution in [3.63, 3.8) is 0 Å². The molecule has 1 heterocycles. The molecular weight excluding hydrogens is 397 g/mol. The third-order valence-electron chi connectivity index (χ3n) is 4.43. The summed E-state index contributed by atoms with van der Waals surface area (Å²) in [6, 6.07) is 17.8. The van der Waals surface area contributed by atoms with Gasteiger partial charge in [0.05, 0.1) is 17.8 Å². The molecule has 3 aromatic rings. The maximum Gasteiger partial charge on any atom is 1.00 e. The molecule has 7 heteroatoms. The maximum absolute atomic E-state index is 10.5. The van der Waals surface area contributed by atoms with E-state index in [1.807, 2.05) is 61.5 Å². The second-order valence-electron chi connectivity index (χ2n) is 6.55. The van der Waals surface area contributed by atoms with Gasteiger partial charge in [-0.15, -0.1) is 11.3 Å². The van der Waals surface area contributed by atoms with Crippen LogP contribution in [-0.4, -0.2) is 22.2 Å². The van der Waals surface area contributed by atoms with Crippen LogP contribution in [0.3, 0.4) is 0 Å². The average molecular weight is 419 g/mol. The van der Waals surface area contributed by atoms with Gasteiger partial charge in [-0.25, -0.2) is 4.98 Å². The van der Waals surface area contributed by atoms with Crippen molar-refractivity contribution in [2.45, 2.75) is 38.9 Å². The van der Waals surface area contributed by atoms with Crippen molar-refractivity contribution in [1.29, 1.82) is 0 Å². The first kappa shape index (κ1) is 23.6. The Kier molecular flexibility index (Phi) is 9.33. The molecule has 1 aromatic heterocycles.